The number of amides is 2. The number of anilines is 1. The highest BCUT2D eigenvalue weighted by Gasteiger charge is 2.15. The van der Waals surface area contributed by atoms with Gasteiger partial charge in [-0.2, -0.15) is 0 Å². The molecule has 0 saturated carbocycles. The van der Waals surface area contributed by atoms with Crippen LogP contribution in [-0.2, 0) is 22.4 Å². The number of ether oxygens (including phenoxy) is 1. The van der Waals surface area contributed by atoms with Crippen LogP contribution in [0.3, 0.4) is 0 Å². The highest BCUT2D eigenvalue weighted by molar-refractivity contribution is 5.95. The lowest BCUT2D eigenvalue weighted by Gasteiger charge is -2.18. The fraction of sp³-hybridized carbons (Fsp3) is 0.222. The second kappa shape index (κ2) is 7.12. The summed E-state index contributed by atoms with van der Waals surface area (Å²) < 4.78 is 18.1. The van der Waals surface area contributed by atoms with Crippen LogP contribution in [0.1, 0.15) is 11.1 Å². The Morgan fingerprint density at radius 2 is 1.92 bits per heavy atom. The Morgan fingerprint density at radius 1 is 1.17 bits per heavy atom. The molecule has 0 fully saturated rings. The van der Waals surface area contributed by atoms with E-state index in [1.807, 2.05) is 18.2 Å². The highest BCUT2D eigenvalue weighted by Crippen LogP contribution is 2.28. The molecule has 0 radical (unpaired) electrons. The number of benzene rings is 2. The maximum absolute atomic E-state index is 12.8. The van der Waals surface area contributed by atoms with E-state index < -0.39 is 0 Å². The Bertz CT molecular complexity index is 759. The van der Waals surface area contributed by atoms with E-state index in [4.69, 9.17) is 4.74 Å². The normalized spacial score (nSPS) is 12.8. The van der Waals surface area contributed by atoms with Gasteiger partial charge >= 0.3 is 0 Å². The molecule has 124 valence electrons. The minimum atomic E-state index is -0.317. The molecule has 1 heterocycles. The molecule has 0 aromatic heterocycles. The number of nitrogens with one attached hydrogen (secondary N) is 2. The SMILES string of the molecule is O=C(Cc1ccc(F)cc1)NCCc1ccc2c(c1)NC(=O)CO2. The number of carbonyl (C=O) groups excluding carboxylic acids is 2. The van der Waals surface area contributed by atoms with Crippen molar-refractivity contribution in [3.05, 3.63) is 59.4 Å². The molecule has 3 rings (SSSR count). The number of hydrogen-bond donors (Lipinski definition) is 2. The zero-order valence-corrected chi connectivity index (χ0v) is 13.0. The highest BCUT2D eigenvalue weighted by atomic mass is 19.1. The van der Waals surface area contributed by atoms with Crippen LogP contribution in [0.2, 0.25) is 0 Å². The molecule has 0 unspecified atom stereocenters. The number of carbonyl (C=O) groups is 2. The molecule has 0 spiro atoms. The van der Waals surface area contributed by atoms with Gasteiger partial charge in [0.25, 0.3) is 5.91 Å². The largest absolute Gasteiger partial charge is 0.482 e. The van der Waals surface area contributed by atoms with Crippen LogP contribution in [-0.4, -0.2) is 25.0 Å². The van der Waals surface area contributed by atoms with Crippen molar-refractivity contribution in [2.24, 2.45) is 0 Å². The minimum Gasteiger partial charge on any atom is -0.482 e. The average molecular weight is 328 g/mol. The van der Waals surface area contributed by atoms with Crippen molar-refractivity contribution < 1.29 is 18.7 Å². The second-order valence-corrected chi connectivity index (χ2v) is 5.57. The maximum atomic E-state index is 12.8. The molecule has 2 amide bonds. The fourth-order valence-corrected chi connectivity index (χ4v) is 2.48. The first-order chi connectivity index (χ1) is 11.6. The molecule has 2 aromatic rings. The van der Waals surface area contributed by atoms with Crippen molar-refractivity contribution in [2.45, 2.75) is 12.8 Å². The van der Waals surface area contributed by atoms with Gasteiger partial charge in [0.05, 0.1) is 12.1 Å². The number of halogens is 1. The van der Waals surface area contributed by atoms with Crippen LogP contribution < -0.4 is 15.4 Å². The molecule has 0 saturated heterocycles. The van der Waals surface area contributed by atoms with Gasteiger partial charge < -0.3 is 15.4 Å². The van der Waals surface area contributed by atoms with E-state index in [1.54, 1.807) is 12.1 Å². The predicted molar refractivity (Wildman–Crippen MR) is 87.4 cm³/mol. The van der Waals surface area contributed by atoms with Gasteiger partial charge in [-0.25, -0.2) is 4.39 Å². The monoisotopic (exact) mass is 328 g/mol. The van der Waals surface area contributed by atoms with Gasteiger partial charge in [0, 0.05) is 6.54 Å². The minimum absolute atomic E-state index is 0.0335. The molecule has 24 heavy (non-hydrogen) atoms. The first-order valence-corrected chi connectivity index (χ1v) is 7.67. The van der Waals surface area contributed by atoms with Crippen molar-refractivity contribution >= 4 is 17.5 Å². The molecule has 2 N–H and O–H groups in total. The van der Waals surface area contributed by atoms with Gasteiger partial charge in [0.1, 0.15) is 11.6 Å². The van der Waals surface area contributed by atoms with Crippen molar-refractivity contribution in [3.63, 3.8) is 0 Å². The van der Waals surface area contributed by atoms with E-state index in [9.17, 15) is 14.0 Å². The fourth-order valence-electron chi connectivity index (χ4n) is 2.48. The van der Waals surface area contributed by atoms with E-state index in [1.165, 1.54) is 12.1 Å². The third-order valence-electron chi connectivity index (χ3n) is 3.69. The lowest BCUT2D eigenvalue weighted by molar-refractivity contribution is -0.120. The Kier molecular flexibility index (Phi) is 4.74. The van der Waals surface area contributed by atoms with Crippen molar-refractivity contribution in [1.82, 2.24) is 5.32 Å². The van der Waals surface area contributed by atoms with Gasteiger partial charge in [-0.1, -0.05) is 18.2 Å². The van der Waals surface area contributed by atoms with Crippen LogP contribution in [0, 0.1) is 5.82 Å². The standard InChI is InChI=1S/C18H17FN2O3/c19-14-4-1-12(2-5-14)10-17(22)20-8-7-13-3-6-16-15(9-13)21-18(23)11-24-16/h1-6,9H,7-8,10-11H2,(H,20,22)(H,21,23). The van der Waals surface area contributed by atoms with Gasteiger partial charge in [0.2, 0.25) is 5.91 Å². The summed E-state index contributed by atoms with van der Waals surface area (Å²) in [5.41, 5.74) is 2.41. The molecular formula is C18H17FN2O3. The quantitative estimate of drug-likeness (QED) is 0.883. The van der Waals surface area contributed by atoms with Crippen LogP contribution in [0.15, 0.2) is 42.5 Å². The topological polar surface area (TPSA) is 67.4 Å². The number of rotatable bonds is 5. The molecule has 6 heteroatoms. The average Bonchev–Trinajstić information content (AvgIpc) is 2.56. The van der Waals surface area contributed by atoms with E-state index >= 15 is 0 Å². The summed E-state index contributed by atoms with van der Waals surface area (Å²) in [6.45, 7) is 0.513. The number of fused-ring (bicyclic) bond motifs is 1. The van der Waals surface area contributed by atoms with Crippen LogP contribution in [0.25, 0.3) is 0 Å². The first-order valence-electron chi connectivity index (χ1n) is 7.67. The van der Waals surface area contributed by atoms with Crippen LogP contribution in [0.4, 0.5) is 10.1 Å². The van der Waals surface area contributed by atoms with Crippen LogP contribution >= 0.6 is 0 Å². The number of hydrogen-bond acceptors (Lipinski definition) is 3. The Morgan fingerprint density at radius 3 is 2.71 bits per heavy atom. The Labute approximate surface area is 138 Å². The molecular weight excluding hydrogens is 311 g/mol. The lowest BCUT2D eigenvalue weighted by atomic mass is 10.1. The lowest BCUT2D eigenvalue weighted by Crippen LogP contribution is -2.27. The summed E-state index contributed by atoms with van der Waals surface area (Å²) in [6, 6.07) is 11.4. The molecule has 0 bridgehead atoms. The maximum Gasteiger partial charge on any atom is 0.262 e. The van der Waals surface area contributed by atoms with E-state index in [-0.39, 0.29) is 30.7 Å². The Hall–Kier alpha value is -2.89. The predicted octanol–water partition coefficient (Wildman–Crippen LogP) is 2.06. The zero-order valence-electron chi connectivity index (χ0n) is 13.0. The summed E-state index contributed by atoms with van der Waals surface area (Å²) in [6.07, 6.45) is 0.854. The molecule has 1 aliphatic heterocycles. The first kappa shape index (κ1) is 16.0. The van der Waals surface area contributed by atoms with Crippen molar-refractivity contribution in [3.8, 4) is 5.75 Å². The molecule has 1 aliphatic rings. The van der Waals surface area contributed by atoms with Crippen molar-refractivity contribution in [2.75, 3.05) is 18.5 Å². The van der Waals surface area contributed by atoms with Gasteiger partial charge in [-0.05, 0) is 41.8 Å². The molecule has 0 atom stereocenters. The summed E-state index contributed by atoms with van der Waals surface area (Å²) >= 11 is 0. The van der Waals surface area contributed by atoms with E-state index in [2.05, 4.69) is 10.6 Å². The summed E-state index contributed by atoms with van der Waals surface area (Å²) in [7, 11) is 0. The summed E-state index contributed by atoms with van der Waals surface area (Å²) in [4.78, 5) is 23.2. The zero-order chi connectivity index (χ0) is 16.9. The molecule has 5 nitrogen and oxygen atoms in total. The summed E-state index contributed by atoms with van der Waals surface area (Å²) in [5.74, 6) is 0.0461. The smallest absolute Gasteiger partial charge is 0.262 e. The van der Waals surface area contributed by atoms with E-state index in [0.29, 0.717) is 24.4 Å². The third-order valence-corrected chi connectivity index (χ3v) is 3.69. The summed E-state index contributed by atoms with van der Waals surface area (Å²) in [5, 5.41) is 5.59. The van der Waals surface area contributed by atoms with E-state index in [0.717, 1.165) is 11.1 Å². The van der Waals surface area contributed by atoms with Crippen molar-refractivity contribution in [1.29, 1.82) is 0 Å². The van der Waals surface area contributed by atoms with Gasteiger partial charge in [0.15, 0.2) is 6.61 Å². The third kappa shape index (κ3) is 4.10. The Balaban J connectivity index is 1.49. The molecule has 2 aromatic carbocycles. The van der Waals surface area contributed by atoms with Gasteiger partial charge in [-0.15, -0.1) is 0 Å². The van der Waals surface area contributed by atoms with Gasteiger partial charge in [-0.3, -0.25) is 9.59 Å². The van der Waals surface area contributed by atoms with Crippen LogP contribution in [0.5, 0.6) is 5.75 Å². The second-order valence-electron chi connectivity index (χ2n) is 5.57. The molecule has 0 aliphatic carbocycles.